The first kappa shape index (κ1) is 26.9. The van der Waals surface area contributed by atoms with E-state index in [0.717, 1.165) is 0 Å². The number of hydrogen-bond acceptors (Lipinski definition) is 9. The van der Waals surface area contributed by atoms with E-state index in [0.29, 0.717) is 22.6 Å². The van der Waals surface area contributed by atoms with Crippen LogP contribution in [0.15, 0.2) is 52.8 Å². The number of hydrazone groups is 1. The highest BCUT2D eigenvalue weighted by Crippen LogP contribution is 2.34. The van der Waals surface area contributed by atoms with Crippen molar-refractivity contribution in [3.63, 3.8) is 0 Å². The number of carbonyl (C=O) groups excluding carboxylic acids is 3. The summed E-state index contributed by atoms with van der Waals surface area (Å²) in [5.74, 6) is -0.256. The molecule has 3 amide bonds. The zero-order chi connectivity index (χ0) is 26.9. The fourth-order valence-electron chi connectivity index (χ4n) is 3.54. The maximum absolute atomic E-state index is 12.5. The molecule has 1 aliphatic rings. The summed E-state index contributed by atoms with van der Waals surface area (Å²) in [6, 6.07) is 8.20. The Labute approximate surface area is 213 Å². The van der Waals surface area contributed by atoms with Crippen molar-refractivity contribution in [1.82, 2.24) is 16.1 Å². The van der Waals surface area contributed by atoms with Crippen molar-refractivity contribution in [3.05, 3.63) is 58.8 Å². The molecule has 196 valence electrons. The second-order valence-electron chi connectivity index (χ2n) is 7.71. The molecule has 37 heavy (non-hydrogen) atoms. The lowest BCUT2D eigenvalue weighted by Crippen LogP contribution is -2.45. The molecule has 1 atom stereocenters. The lowest BCUT2D eigenvalue weighted by atomic mass is 9.95. The second-order valence-corrected chi connectivity index (χ2v) is 7.71. The fourth-order valence-corrected chi connectivity index (χ4v) is 3.54. The van der Waals surface area contributed by atoms with Gasteiger partial charge in [0.15, 0.2) is 29.6 Å². The van der Waals surface area contributed by atoms with Crippen LogP contribution in [-0.2, 0) is 14.3 Å². The van der Waals surface area contributed by atoms with Crippen molar-refractivity contribution in [2.75, 3.05) is 27.4 Å². The van der Waals surface area contributed by atoms with E-state index in [9.17, 15) is 19.5 Å². The minimum atomic E-state index is -0.771. The first-order chi connectivity index (χ1) is 17.8. The molecule has 1 heterocycles. The van der Waals surface area contributed by atoms with Crippen molar-refractivity contribution < 1.29 is 38.4 Å². The average Bonchev–Trinajstić information content (AvgIpc) is 2.87. The van der Waals surface area contributed by atoms with Crippen LogP contribution in [0.25, 0.3) is 0 Å². The molecule has 0 bridgehead atoms. The molecule has 2 aromatic carbocycles. The number of phenols is 1. The van der Waals surface area contributed by atoms with Gasteiger partial charge in [-0.25, -0.2) is 15.0 Å². The molecule has 0 aromatic heterocycles. The van der Waals surface area contributed by atoms with E-state index in [-0.39, 0.29) is 36.0 Å². The molecule has 2 aromatic rings. The Kier molecular flexibility index (Phi) is 8.92. The molecule has 12 nitrogen and oxygen atoms in total. The van der Waals surface area contributed by atoms with Crippen molar-refractivity contribution in [2.45, 2.75) is 19.9 Å². The summed E-state index contributed by atoms with van der Waals surface area (Å²) < 4.78 is 21.1. The Bertz CT molecular complexity index is 1240. The van der Waals surface area contributed by atoms with Crippen molar-refractivity contribution >= 4 is 24.1 Å². The molecular weight excluding hydrogens is 484 g/mol. The van der Waals surface area contributed by atoms with Gasteiger partial charge in [0.25, 0.3) is 5.91 Å². The van der Waals surface area contributed by atoms with Gasteiger partial charge in [-0.3, -0.25) is 4.79 Å². The number of urea groups is 1. The third-order valence-electron chi connectivity index (χ3n) is 5.25. The standard InChI is InChI=1S/C25H28N4O8/c1-5-36-24(32)22-14(2)27-25(33)28-23(22)16-7-9-18(20(11-16)35-4)37-13-21(31)29-26-12-15-6-8-17(30)19(10-15)34-3/h6-12,23,30H,5,13H2,1-4H3,(H,29,31)(H2,27,28,33)/b26-12-/t23-/m1/s1. The smallest absolute Gasteiger partial charge is 0.338 e. The van der Waals surface area contributed by atoms with E-state index >= 15 is 0 Å². The summed E-state index contributed by atoms with van der Waals surface area (Å²) in [6.45, 7) is 3.13. The quantitative estimate of drug-likeness (QED) is 0.214. The van der Waals surface area contributed by atoms with Gasteiger partial charge >= 0.3 is 12.0 Å². The van der Waals surface area contributed by atoms with E-state index in [1.54, 1.807) is 44.2 Å². The predicted octanol–water partition coefficient (Wildman–Crippen LogP) is 2.13. The summed E-state index contributed by atoms with van der Waals surface area (Å²) in [4.78, 5) is 36.8. The third kappa shape index (κ3) is 6.69. The molecule has 0 saturated heterocycles. The zero-order valence-corrected chi connectivity index (χ0v) is 20.8. The number of amides is 3. The number of rotatable bonds is 10. The van der Waals surface area contributed by atoms with Gasteiger partial charge < -0.3 is 34.7 Å². The largest absolute Gasteiger partial charge is 0.504 e. The van der Waals surface area contributed by atoms with Gasteiger partial charge in [0.05, 0.1) is 38.7 Å². The number of ether oxygens (including phenoxy) is 4. The Morgan fingerprint density at radius 1 is 1.11 bits per heavy atom. The summed E-state index contributed by atoms with van der Waals surface area (Å²) in [5.41, 5.74) is 4.15. The zero-order valence-electron chi connectivity index (χ0n) is 20.8. The van der Waals surface area contributed by atoms with E-state index in [2.05, 4.69) is 21.2 Å². The number of aromatic hydroxyl groups is 1. The molecule has 1 aliphatic heterocycles. The van der Waals surface area contributed by atoms with E-state index in [1.165, 1.54) is 26.5 Å². The highest BCUT2D eigenvalue weighted by molar-refractivity contribution is 5.95. The lowest BCUT2D eigenvalue weighted by Gasteiger charge is -2.28. The molecule has 0 unspecified atom stereocenters. The number of nitrogens with zero attached hydrogens (tertiary/aromatic N) is 1. The monoisotopic (exact) mass is 512 g/mol. The Hall–Kier alpha value is -4.74. The predicted molar refractivity (Wildman–Crippen MR) is 133 cm³/mol. The molecule has 0 saturated carbocycles. The number of esters is 1. The van der Waals surface area contributed by atoms with Gasteiger partial charge in [0, 0.05) is 5.70 Å². The minimum absolute atomic E-state index is 0.0112. The molecule has 4 N–H and O–H groups in total. The molecule has 12 heteroatoms. The molecule has 3 rings (SSSR count). The van der Waals surface area contributed by atoms with E-state index in [4.69, 9.17) is 18.9 Å². The maximum atomic E-state index is 12.5. The Balaban J connectivity index is 1.68. The van der Waals surface area contributed by atoms with Gasteiger partial charge in [-0.15, -0.1) is 0 Å². The fraction of sp³-hybridized carbons (Fsp3) is 0.280. The molecule has 0 aliphatic carbocycles. The van der Waals surface area contributed by atoms with Gasteiger partial charge in [0.2, 0.25) is 0 Å². The van der Waals surface area contributed by atoms with Crippen LogP contribution in [0.2, 0.25) is 0 Å². The Morgan fingerprint density at radius 3 is 2.57 bits per heavy atom. The van der Waals surface area contributed by atoms with Crippen molar-refractivity contribution in [1.29, 1.82) is 0 Å². The van der Waals surface area contributed by atoms with Crippen LogP contribution in [0.4, 0.5) is 4.79 Å². The number of carbonyl (C=O) groups is 3. The number of phenolic OH excluding ortho intramolecular Hbond substituents is 1. The summed E-state index contributed by atoms with van der Waals surface area (Å²) in [6.07, 6.45) is 1.39. The van der Waals surface area contributed by atoms with Crippen LogP contribution >= 0.6 is 0 Å². The Morgan fingerprint density at radius 2 is 1.86 bits per heavy atom. The number of methoxy groups -OCH3 is 2. The summed E-state index contributed by atoms with van der Waals surface area (Å²) >= 11 is 0. The summed E-state index contributed by atoms with van der Waals surface area (Å²) in [5, 5.41) is 18.8. The SMILES string of the molecule is CCOC(=O)C1=C(C)NC(=O)N[C@@H]1c1ccc(OCC(=O)N/N=C\c2ccc(O)c(OC)c2)c(OC)c1. The second kappa shape index (κ2) is 12.3. The van der Waals surface area contributed by atoms with Gasteiger partial charge in [-0.05, 0) is 55.3 Å². The minimum Gasteiger partial charge on any atom is -0.504 e. The molecule has 0 radical (unpaired) electrons. The van der Waals surface area contributed by atoms with E-state index in [1.807, 2.05) is 0 Å². The van der Waals surface area contributed by atoms with Crippen LogP contribution in [0, 0.1) is 0 Å². The van der Waals surface area contributed by atoms with Crippen LogP contribution in [0.1, 0.15) is 31.0 Å². The maximum Gasteiger partial charge on any atom is 0.338 e. The number of benzene rings is 2. The average molecular weight is 513 g/mol. The van der Waals surface area contributed by atoms with Crippen LogP contribution in [0.5, 0.6) is 23.0 Å². The number of hydrogen-bond donors (Lipinski definition) is 4. The molecule has 0 fully saturated rings. The lowest BCUT2D eigenvalue weighted by molar-refractivity contribution is -0.139. The molecular formula is C25H28N4O8. The first-order valence-corrected chi connectivity index (χ1v) is 11.2. The van der Waals surface area contributed by atoms with Gasteiger partial charge in [-0.2, -0.15) is 5.10 Å². The third-order valence-corrected chi connectivity index (χ3v) is 5.25. The van der Waals surface area contributed by atoms with E-state index < -0.39 is 23.9 Å². The summed E-state index contributed by atoms with van der Waals surface area (Å²) in [7, 11) is 2.85. The first-order valence-electron chi connectivity index (χ1n) is 11.2. The van der Waals surface area contributed by atoms with Crippen molar-refractivity contribution in [2.24, 2.45) is 5.10 Å². The van der Waals surface area contributed by atoms with Gasteiger partial charge in [-0.1, -0.05) is 6.07 Å². The van der Waals surface area contributed by atoms with Crippen molar-refractivity contribution in [3.8, 4) is 23.0 Å². The van der Waals surface area contributed by atoms with Gasteiger partial charge in [0.1, 0.15) is 0 Å². The van der Waals surface area contributed by atoms with Crippen LogP contribution in [0.3, 0.4) is 0 Å². The molecule has 0 spiro atoms. The van der Waals surface area contributed by atoms with Crippen LogP contribution in [-0.4, -0.2) is 56.7 Å². The van der Waals surface area contributed by atoms with Crippen LogP contribution < -0.4 is 30.3 Å². The normalized spacial score (nSPS) is 15.0. The topological polar surface area (TPSA) is 157 Å². The number of allylic oxidation sites excluding steroid dienone is 1. The highest BCUT2D eigenvalue weighted by Gasteiger charge is 2.32. The number of nitrogens with one attached hydrogen (secondary N) is 3. The highest BCUT2D eigenvalue weighted by atomic mass is 16.5.